The number of amides is 3. The van der Waals surface area contributed by atoms with Gasteiger partial charge in [0.1, 0.15) is 5.82 Å². The molecule has 1 aromatic carbocycles. The van der Waals surface area contributed by atoms with Crippen LogP contribution in [0.2, 0.25) is 0 Å². The third kappa shape index (κ3) is 4.61. The van der Waals surface area contributed by atoms with Crippen LogP contribution in [-0.4, -0.2) is 66.4 Å². The Balaban J connectivity index is 1.61. The number of sulfone groups is 1. The zero-order valence-electron chi connectivity index (χ0n) is 15.1. The molecule has 1 aromatic rings. The first kappa shape index (κ1) is 20.5. The first-order valence-electron chi connectivity index (χ1n) is 8.63. The Kier molecular flexibility index (Phi) is 5.90. The summed E-state index contributed by atoms with van der Waals surface area (Å²) in [5.74, 6) is -1.31. The molecule has 3 amide bonds. The Labute approximate surface area is 166 Å². The van der Waals surface area contributed by atoms with Crippen LogP contribution in [0.4, 0.5) is 9.18 Å². The zero-order valence-corrected chi connectivity index (χ0v) is 16.8. The first-order valence-corrected chi connectivity index (χ1v) is 11.3. The second-order valence-corrected chi connectivity index (χ2v) is 9.92. The van der Waals surface area contributed by atoms with E-state index < -0.39 is 26.8 Å². The summed E-state index contributed by atoms with van der Waals surface area (Å²) in [7, 11) is -1.58. The Morgan fingerprint density at radius 1 is 1.39 bits per heavy atom. The van der Waals surface area contributed by atoms with Gasteiger partial charge in [-0.1, -0.05) is 12.1 Å². The number of carbonyl (C=O) groups excluding carboxylic acids is 3. The summed E-state index contributed by atoms with van der Waals surface area (Å²) < 4.78 is 36.4. The fraction of sp³-hybridized carbons (Fsp3) is 0.389. The van der Waals surface area contributed by atoms with Crippen molar-refractivity contribution >= 4 is 44.7 Å². The van der Waals surface area contributed by atoms with Crippen molar-refractivity contribution in [1.29, 1.82) is 0 Å². The molecule has 0 aromatic heterocycles. The third-order valence-corrected chi connectivity index (χ3v) is 7.38. The van der Waals surface area contributed by atoms with Crippen LogP contribution < -0.4 is 0 Å². The lowest BCUT2D eigenvalue weighted by Gasteiger charge is -2.24. The van der Waals surface area contributed by atoms with Crippen molar-refractivity contribution in [2.24, 2.45) is 0 Å². The van der Waals surface area contributed by atoms with E-state index in [9.17, 15) is 27.2 Å². The summed E-state index contributed by atoms with van der Waals surface area (Å²) in [5, 5.41) is -0.494. The maximum atomic E-state index is 13.3. The van der Waals surface area contributed by atoms with Crippen LogP contribution in [-0.2, 0) is 19.4 Å². The summed E-state index contributed by atoms with van der Waals surface area (Å²) in [6.45, 7) is -0.0895. The molecule has 2 aliphatic rings. The van der Waals surface area contributed by atoms with E-state index in [0.29, 0.717) is 12.0 Å². The molecule has 0 saturated carbocycles. The Morgan fingerprint density at radius 2 is 2.14 bits per heavy atom. The monoisotopic (exact) mass is 426 g/mol. The highest BCUT2D eigenvalue weighted by Crippen LogP contribution is 2.32. The van der Waals surface area contributed by atoms with Crippen LogP contribution in [0.25, 0.3) is 6.08 Å². The van der Waals surface area contributed by atoms with Gasteiger partial charge in [-0.3, -0.25) is 19.3 Å². The second kappa shape index (κ2) is 8.04. The van der Waals surface area contributed by atoms with Crippen molar-refractivity contribution in [1.82, 2.24) is 9.80 Å². The minimum atomic E-state index is -3.11. The van der Waals surface area contributed by atoms with Crippen molar-refractivity contribution in [3.05, 3.63) is 40.6 Å². The highest BCUT2D eigenvalue weighted by atomic mass is 32.2. The van der Waals surface area contributed by atoms with Crippen LogP contribution in [0.1, 0.15) is 18.4 Å². The van der Waals surface area contributed by atoms with E-state index in [1.165, 1.54) is 36.2 Å². The molecule has 0 radical (unpaired) electrons. The summed E-state index contributed by atoms with van der Waals surface area (Å²) in [5.41, 5.74) is 0.462. The molecule has 28 heavy (non-hydrogen) atoms. The molecule has 0 bridgehead atoms. The molecule has 2 saturated heterocycles. The maximum absolute atomic E-state index is 13.3. The molecule has 0 unspecified atom stereocenters. The lowest BCUT2D eigenvalue weighted by atomic mass is 10.2. The lowest BCUT2D eigenvalue weighted by Crippen LogP contribution is -2.40. The average Bonchev–Trinajstić information content (AvgIpc) is 3.11. The van der Waals surface area contributed by atoms with Gasteiger partial charge in [0.25, 0.3) is 11.1 Å². The minimum Gasteiger partial charge on any atom is -0.342 e. The van der Waals surface area contributed by atoms with E-state index in [4.69, 9.17) is 0 Å². The Hall–Kier alpha value is -2.20. The van der Waals surface area contributed by atoms with Gasteiger partial charge >= 0.3 is 0 Å². The number of nitrogens with zero attached hydrogens (tertiary/aromatic N) is 2. The molecule has 0 N–H and O–H groups in total. The molecule has 2 heterocycles. The van der Waals surface area contributed by atoms with Gasteiger partial charge in [-0.2, -0.15) is 0 Å². The summed E-state index contributed by atoms with van der Waals surface area (Å²) in [6.07, 6.45) is 1.74. The van der Waals surface area contributed by atoms with Gasteiger partial charge in [-0.25, -0.2) is 12.8 Å². The molecule has 0 spiro atoms. The highest BCUT2D eigenvalue weighted by Gasteiger charge is 2.36. The normalized spacial score (nSPS) is 22.9. The van der Waals surface area contributed by atoms with Crippen LogP contribution in [0.15, 0.2) is 29.2 Å². The van der Waals surface area contributed by atoms with Gasteiger partial charge in [-0.05, 0) is 42.0 Å². The SMILES string of the molecule is CN(C(=O)CCN1C(=O)S/C(=C\c2cccc(F)c2)C1=O)[C@@H]1CCS(=O)(=O)C1. The lowest BCUT2D eigenvalue weighted by molar-refractivity contribution is -0.132. The van der Waals surface area contributed by atoms with Crippen molar-refractivity contribution in [2.45, 2.75) is 18.9 Å². The molecular weight excluding hydrogens is 407 g/mol. The van der Waals surface area contributed by atoms with Crippen LogP contribution in [0.3, 0.4) is 0 Å². The smallest absolute Gasteiger partial charge is 0.293 e. The second-order valence-electron chi connectivity index (χ2n) is 6.70. The molecule has 1 atom stereocenters. The van der Waals surface area contributed by atoms with E-state index in [0.717, 1.165) is 16.7 Å². The first-order chi connectivity index (χ1) is 13.2. The van der Waals surface area contributed by atoms with Crippen LogP contribution in [0.5, 0.6) is 0 Å². The maximum Gasteiger partial charge on any atom is 0.293 e. The molecular formula is C18H19FN2O5S2. The number of hydrogen-bond acceptors (Lipinski definition) is 6. The fourth-order valence-electron chi connectivity index (χ4n) is 3.11. The van der Waals surface area contributed by atoms with Gasteiger partial charge in [0.15, 0.2) is 9.84 Å². The van der Waals surface area contributed by atoms with Crippen molar-refractivity contribution in [2.75, 3.05) is 25.1 Å². The van der Waals surface area contributed by atoms with Gasteiger partial charge < -0.3 is 4.90 Å². The van der Waals surface area contributed by atoms with E-state index in [-0.39, 0.29) is 41.3 Å². The topological polar surface area (TPSA) is 91.8 Å². The average molecular weight is 426 g/mol. The van der Waals surface area contributed by atoms with E-state index in [2.05, 4.69) is 0 Å². The van der Waals surface area contributed by atoms with Crippen LogP contribution in [0, 0.1) is 5.82 Å². The van der Waals surface area contributed by atoms with Gasteiger partial charge in [0, 0.05) is 26.1 Å². The number of imide groups is 1. The number of carbonyl (C=O) groups is 3. The van der Waals surface area contributed by atoms with E-state index >= 15 is 0 Å². The molecule has 7 nitrogen and oxygen atoms in total. The summed E-state index contributed by atoms with van der Waals surface area (Å²) in [4.78, 5) is 39.4. The molecule has 3 rings (SSSR count). The van der Waals surface area contributed by atoms with Crippen molar-refractivity contribution in [3.63, 3.8) is 0 Å². The largest absolute Gasteiger partial charge is 0.342 e. The molecule has 2 fully saturated rings. The van der Waals surface area contributed by atoms with E-state index in [1.807, 2.05) is 0 Å². The third-order valence-electron chi connectivity index (χ3n) is 4.72. The zero-order chi connectivity index (χ0) is 20.5. The summed E-state index contributed by atoms with van der Waals surface area (Å²) in [6, 6.07) is 5.28. The van der Waals surface area contributed by atoms with Crippen LogP contribution >= 0.6 is 11.8 Å². The Morgan fingerprint density at radius 3 is 2.79 bits per heavy atom. The number of benzene rings is 1. The van der Waals surface area contributed by atoms with Crippen molar-refractivity contribution < 1.29 is 27.2 Å². The molecule has 10 heteroatoms. The molecule has 150 valence electrons. The standard InChI is InChI=1S/C18H19FN2O5S2/c1-20(14-6-8-28(25,26)11-14)16(22)5-7-21-17(23)15(27-18(21)24)10-12-3-2-4-13(19)9-12/h2-4,9-10,14H,5-8,11H2,1H3/b15-10-/t14-/m1/s1. The van der Waals surface area contributed by atoms with Gasteiger partial charge in [0.05, 0.1) is 16.4 Å². The van der Waals surface area contributed by atoms with Gasteiger partial charge in [-0.15, -0.1) is 0 Å². The highest BCUT2D eigenvalue weighted by molar-refractivity contribution is 8.18. The number of thioether (sulfide) groups is 1. The Bertz CT molecular complexity index is 960. The number of hydrogen-bond donors (Lipinski definition) is 0. The number of halogens is 1. The summed E-state index contributed by atoms with van der Waals surface area (Å²) >= 11 is 0.739. The molecule has 2 aliphatic heterocycles. The quantitative estimate of drug-likeness (QED) is 0.668. The minimum absolute atomic E-state index is 0.0588. The molecule has 0 aliphatic carbocycles. The predicted molar refractivity (Wildman–Crippen MR) is 104 cm³/mol. The van der Waals surface area contributed by atoms with Gasteiger partial charge in [0.2, 0.25) is 5.91 Å². The number of rotatable bonds is 5. The van der Waals surface area contributed by atoms with E-state index in [1.54, 1.807) is 6.07 Å². The predicted octanol–water partition coefficient (Wildman–Crippen LogP) is 1.90. The fourth-order valence-corrected chi connectivity index (χ4v) is 5.75. The van der Waals surface area contributed by atoms with Crippen molar-refractivity contribution in [3.8, 4) is 0 Å².